The van der Waals surface area contributed by atoms with E-state index in [4.69, 9.17) is 22.1 Å². The fraction of sp³-hybridized carbons (Fsp3) is 0.543. The van der Waals surface area contributed by atoms with Gasteiger partial charge in [-0.3, -0.25) is 9.78 Å². The van der Waals surface area contributed by atoms with Crippen molar-refractivity contribution in [1.29, 1.82) is 0 Å². The van der Waals surface area contributed by atoms with Crippen LogP contribution in [0.2, 0.25) is 5.02 Å². The van der Waals surface area contributed by atoms with Crippen LogP contribution in [0, 0.1) is 0 Å². The largest absolute Gasteiger partial charge is 0.436 e. The molecule has 2 amide bonds. The molecule has 2 aromatic carbocycles. The number of carbonyl (C=O) groups is 2. The van der Waals surface area contributed by atoms with Crippen LogP contribution < -0.4 is 11.4 Å². The number of aromatic amines is 1. The molecule has 47 heavy (non-hydrogen) atoms. The zero-order valence-corrected chi connectivity index (χ0v) is 28.0. The highest BCUT2D eigenvalue weighted by molar-refractivity contribution is 6.33. The summed E-state index contributed by atoms with van der Waals surface area (Å²) in [6, 6.07) is 13.6. The molecule has 0 aliphatic carbocycles. The number of benzene rings is 2. The highest BCUT2D eigenvalue weighted by atomic mass is 35.5. The van der Waals surface area contributed by atoms with E-state index >= 15 is 0 Å². The lowest BCUT2D eigenvalue weighted by atomic mass is 9.98. The van der Waals surface area contributed by atoms with E-state index in [9.17, 15) is 14.4 Å². The first-order valence-electron chi connectivity index (χ1n) is 17.1. The van der Waals surface area contributed by atoms with E-state index in [0.29, 0.717) is 68.0 Å². The summed E-state index contributed by atoms with van der Waals surface area (Å²) in [5.74, 6) is 0.348. The molecular weight excluding hydrogens is 618 g/mol. The lowest BCUT2D eigenvalue weighted by Crippen LogP contribution is -2.52. The molecule has 11 nitrogen and oxygen atoms in total. The number of hydrogen-bond donors (Lipinski definition) is 2. The second-order valence-corrected chi connectivity index (χ2v) is 13.4. The van der Waals surface area contributed by atoms with Crippen LogP contribution in [-0.4, -0.2) is 92.9 Å². The average Bonchev–Trinajstić information content (AvgIpc) is 3.51. The van der Waals surface area contributed by atoms with Crippen LogP contribution in [0.15, 0.2) is 47.3 Å². The number of halogens is 1. The maximum absolute atomic E-state index is 14.0. The van der Waals surface area contributed by atoms with Gasteiger partial charge in [-0.05, 0) is 75.2 Å². The first-order chi connectivity index (χ1) is 22.8. The number of nitrogen functional groups attached to an aromatic ring is 1. The molecule has 0 bridgehead atoms. The molecule has 0 unspecified atom stereocenters. The Morgan fingerprint density at radius 1 is 0.957 bits per heavy atom. The van der Waals surface area contributed by atoms with Gasteiger partial charge in [0.2, 0.25) is 0 Å². The second-order valence-electron chi connectivity index (χ2n) is 13.0. The third-order valence-electron chi connectivity index (χ3n) is 10.0. The molecule has 12 heteroatoms. The number of rotatable bonds is 8. The van der Waals surface area contributed by atoms with Crippen LogP contribution in [0.1, 0.15) is 69.0 Å². The van der Waals surface area contributed by atoms with Crippen molar-refractivity contribution in [3.63, 3.8) is 0 Å². The van der Waals surface area contributed by atoms with Crippen LogP contribution in [-0.2, 0) is 22.4 Å². The Kier molecular flexibility index (Phi) is 10.5. The summed E-state index contributed by atoms with van der Waals surface area (Å²) in [6.07, 6.45) is 6.11. The zero-order chi connectivity index (χ0) is 32.9. The van der Waals surface area contributed by atoms with Crippen molar-refractivity contribution >= 4 is 29.3 Å². The van der Waals surface area contributed by atoms with Crippen molar-refractivity contribution in [2.75, 3.05) is 45.0 Å². The monoisotopic (exact) mass is 663 g/mol. The van der Waals surface area contributed by atoms with Gasteiger partial charge in [-0.15, -0.1) is 5.10 Å². The second kappa shape index (κ2) is 14.9. The van der Waals surface area contributed by atoms with Crippen molar-refractivity contribution in [1.82, 2.24) is 29.5 Å². The Morgan fingerprint density at radius 2 is 1.62 bits per heavy atom. The topological polar surface area (TPSA) is 130 Å². The molecule has 1 atom stereocenters. The van der Waals surface area contributed by atoms with E-state index in [-0.39, 0.29) is 24.1 Å². The SMILES string of the molecule is CCc1cc(C[C@@H](OC(=O)N2CCC(n3nc(-c4ccccc4)[nH]c3=O)CC2)C(=O)N2CCC(N3CCCCC3)CC2)cc(Cl)c1N. The summed E-state index contributed by atoms with van der Waals surface area (Å²) >= 11 is 6.47. The summed E-state index contributed by atoms with van der Waals surface area (Å²) in [6.45, 7) is 6.34. The third kappa shape index (κ3) is 7.67. The number of likely N-dealkylation sites (tertiary alicyclic amines) is 3. The predicted molar refractivity (Wildman–Crippen MR) is 182 cm³/mol. The number of anilines is 1. The molecule has 3 fully saturated rings. The molecule has 0 spiro atoms. The maximum atomic E-state index is 14.0. The number of nitrogens with one attached hydrogen (secondary N) is 1. The summed E-state index contributed by atoms with van der Waals surface area (Å²) in [5.41, 5.74) is 8.99. The Labute approximate surface area is 281 Å². The fourth-order valence-corrected chi connectivity index (χ4v) is 7.54. The summed E-state index contributed by atoms with van der Waals surface area (Å²) < 4.78 is 7.53. The van der Waals surface area contributed by atoms with Gasteiger partial charge in [0, 0.05) is 44.2 Å². The number of ether oxygens (including phenoxy) is 1. The Hall–Kier alpha value is -3.83. The van der Waals surface area contributed by atoms with Crippen LogP contribution >= 0.6 is 11.6 Å². The van der Waals surface area contributed by atoms with Gasteiger partial charge in [0.25, 0.3) is 5.91 Å². The van der Waals surface area contributed by atoms with Gasteiger partial charge >= 0.3 is 11.8 Å². The molecule has 252 valence electrons. The standard InChI is InChI=1S/C35H46ClN7O4/c1-2-25-21-24(22-29(36)31(25)37)23-30(33(44)41-17-11-27(12-18-41)40-15-7-4-8-16-40)47-35(46)42-19-13-28(14-20-42)43-34(45)38-32(39-43)26-9-5-3-6-10-26/h3,5-6,9-10,21-22,27-28,30H,2,4,7-8,11-20,23,37H2,1H3,(H,38,39,45)/t30-/m1/s1. The molecule has 3 N–H and O–H groups in total. The molecule has 0 radical (unpaired) electrons. The van der Waals surface area contributed by atoms with Crippen LogP contribution in [0.25, 0.3) is 11.4 Å². The first-order valence-corrected chi connectivity index (χ1v) is 17.5. The third-order valence-corrected chi connectivity index (χ3v) is 10.3. The molecule has 3 aliphatic rings. The summed E-state index contributed by atoms with van der Waals surface area (Å²) in [5, 5.41) is 4.98. The van der Waals surface area contributed by atoms with E-state index < -0.39 is 12.2 Å². The van der Waals surface area contributed by atoms with E-state index in [1.165, 1.54) is 23.9 Å². The minimum atomic E-state index is -0.987. The highest BCUT2D eigenvalue weighted by Gasteiger charge is 2.35. The average molecular weight is 664 g/mol. The minimum absolute atomic E-state index is 0.150. The molecule has 0 saturated carbocycles. The molecule has 4 heterocycles. The van der Waals surface area contributed by atoms with Gasteiger partial charge in [0.05, 0.1) is 16.8 Å². The number of H-pyrrole nitrogens is 1. The van der Waals surface area contributed by atoms with Crippen LogP contribution in [0.4, 0.5) is 10.5 Å². The van der Waals surface area contributed by atoms with Gasteiger partial charge in [-0.25, -0.2) is 14.3 Å². The number of aromatic nitrogens is 3. The fourth-order valence-electron chi connectivity index (χ4n) is 7.28. The lowest BCUT2D eigenvalue weighted by Gasteiger charge is -2.41. The maximum Gasteiger partial charge on any atom is 0.410 e. The lowest BCUT2D eigenvalue weighted by molar-refractivity contribution is -0.142. The number of piperidine rings is 3. The molecule has 3 saturated heterocycles. The molecule has 3 aliphatic heterocycles. The quantitative estimate of drug-likeness (QED) is 0.328. The minimum Gasteiger partial charge on any atom is -0.436 e. The molecular formula is C35H46ClN7O4. The van der Waals surface area contributed by atoms with E-state index in [0.717, 1.165) is 42.6 Å². The highest BCUT2D eigenvalue weighted by Crippen LogP contribution is 2.28. The van der Waals surface area contributed by atoms with Crippen molar-refractivity contribution in [2.45, 2.75) is 82.9 Å². The number of carbonyl (C=O) groups excluding carboxylic acids is 2. The smallest absolute Gasteiger partial charge is 0.410 e. The molecule has 1 aromatic heterocycles. The number of amides is 2. The molecule has 3 aromatic rings. The van der Waals surface area contributed by atoms with Crippen LogP contribution in [0.3, 0.4) is 0 Å². The van der Waals surface area contributed by atoms with Crippen molar-refractivity contribution in [2.24, 2.45) is 0 Å². The molecule has 6 rings (SSSR count). The number of aryl methyl sites for hydroxylation is 1. The zero-order valence-electron chi connectivity index (χ0n) is 27.2. The Bertz CT molecular complexity index is 1590. The Balaban J connectivity index is 1.12. The van der Waals surface area contributed by atoms with E-state index in [1.807, 2.05) is 48.2 Å². The van der Waals surface area contributed by atoms with E-state index in [2.05, 4.69) is 15.0 Å². The van der Waals surface area contributed by atoms with Gasteiger partial charge in [0.15, 0.2) is 11.9 Å². The van der Waals surface area contributed by atoms with Gasteiger partial charge < -0.3 is 25.2 Å². The van der Waals surface area contributed by atoms with Gasteiger partial charge in [-0.1, -0.05) is 61.3 Å². The first kappa shape index (κ1) is 33.1. The summed E-state index contributed by atoms with van der Waals surface area (Å²) in [7, 11) is 0. The normalized spacial score (nSPS) is 19.1. The van der Waals surface area contributed by atoms with Crippen molar-refractivity contribution in [3.05, 3.63) is 69.1 Å². The van der Waals surface area contributed by atoms with Crippen molar-refractivity contribution in [3.8, 4) is 11.4 Å². The van der Waals surface area contributed by atoms with Gasteiger partial charge in [0.1, 0.15) is 0 Å². The van der Waals surface area contributed by atoms with Crippen molar-refractivity contribution < 1.29 is 14.3 Å². The number of nitrogens with two attached hydrogens (primary N) is 1. The summed E-state index contributed by atoms with van der Waals surface area (Å²) in [4.78, 5) is 49.3. The van der Waals surface area contributed by atoms with Gasteiger partial charge in [-0.2, -0.15) is 0 Å². The predicted octanol–water partition coefficient (Wildman–Crippen LogP) is 4.90. The van der Waals surface area contributed by atoms with E-state index in [1.54, 1.807) is 11.0 Å². The van der Waals surface area contributed by atoms with Crippen LogP contribution in [0.5, 0.6) is 0 Å². The Morgan fingerprint density at radius 3 is 2.30 bits per heavy atom. The number of nitrogens with zero attached hydrogens (tertiary/aromatic N) is 5. The number of hydrogen-bond acceptors (Lipinski definition) is 7.